The lowest BCUT2D eigenvalue weighted by atomic mass is 10.2. The first-order chi connectivity index (χ1) is 11.2. The number of aromatic nitrogens is 4. The van der Waals surface area contributed by atoms with E-state index in [4.69, 9.17) is 0 Å². The summed E-state index contributed by atoms with van der Waals surface area (Å²) in [6.07, 6.45) is 0.196. The van der Waals surface area contributed by atoms with Gasteiger partial charge in [-0.2, -0.15) is 4.80 Å². The summed E-state index contributed by atoms with van der Waals surface area (Å²) in [7, 11) is 0. The van der Waals surface area contributed by atoms with E-state index in [0.29, 0.717) is 18.1 Å². The van der Waals surface area contributed by atoms with Crippen molar-refractivity contribution in [3.8, 4) is 11.4 Å². The maximum Gasteiger partial charge on any atom is 0.226 e. The number of nitrogens with zero attached hydrogens (tertiary/aromatic N) is 4. The molecule has 116 valence electrons. The molecular weight excluding hydrogens is 297 g/mol. The van der Waals surface area contributed by atoms with E-state index in [1.165, 1.54) is 29.1 Å². The van der Waals surface area contributed by atoms with Crippen molar-refractivity contribution in [3.63, 3.8) is 0 Å². The Bertz CT molecular complexity index is 786. The summed E-state index contributed by atoms with van der Waals surface area (Å²) in [6.45, 7) is 0.312. The van der Waals surface area contributed by atoms with Crippen molar-refractivity contribution < 1.29 is 9.18 Å². The number of anilines is 1. The minimum Gasteiger partial charge on any atom is -0.326 e. The van der Waals surface area contributed by atoms with Crippen LogP contribution in [0.5, 0.6) is 0 Å². The molecule has 0 fully saturated rings. The molecule has 2 aromatic carbocycles. The van der Waals surface area contributed by atoms with Crippen molar-refractivity contribution in [1.29, 1.82) is 0 Å². The van der Waals surface area contributed by atoms with Crippen LogP contribution in [0.15, 0.2) is 54.6 Å². The molecule has 1 amide bonds. The molecule has 0 spiro atoms. The van der Waals surface area contributed by atoms with Crippen LogP contribution in [0.25, 0.3) is 11.4 Å². The van der Waals surface area contributed by atoms with Crippen LogP contribution in [-0.2, 0) is 11.3 Å². The third kappa shape index (κ3) is 3.97. The van der Waals surface area contributed by atoms with Crippen molar-refractivity contribution in [2.75, 3.05) is 5.32 Å². The predicted molar refractivity (Wildman–Crippen MR) is 82.9 cm³/mol. The van der Waals surface area contributed by atoms with Crippen molar-refractivity contribution in [1.82, 2.24) is 20.2 Å². The summed E-state index contributed by atoms with van der Waals surface area (Å²) in [5.74, 6) is -0.0250. The van der Waals surface area contributed by atoms with Crippen molar-refractivity contribution in [3.05, 3.63) is 60.4 Å². The predicted octanol–water partition coefficient (Wildman–Crippen LogP) is 2.51. The van der Waals surface area contributed by atoms with E-state index in [1.54, 1.807) is 0 Å². The molecule has 0 aliphatic rings. The van der Waals surface area contributed by atoms with Crippen LogP contribution in [0.1, 0.15) is 6.42 Å². The summed E-state index contributed by atoms with van der Waals surface area (Å²) in [5.41, 5.74) is 1.42. The van der Waals surface area contributed by atoms with Gasteiger partial charge < -0.3 is 5.32 Å². The molecule has 1 aromatic heterocycles. The zero-order valence-electron chi connectivity index (χ0n) is 12.2. The van der Waals surface area contributed by atoms with Crippen LogP contribution < -0.4 is 5.32 Å². The van der Waals surface area contributed by atoms with Crippen LogP contribution in [0.2, 0.25) is 0 Å². The Morgan fingerprint density at radius 1 is 1.09 bits per heavy atom. The maximum absolute atomic E-state index is 12.8. The second kappa shape index (κ2) is 6.78. The average molecular weight is 311 g/mol. The van der Waals surface area contributed by atoms with Gasteiger partial charge in [-0.1, -0.05) is 30.3 Å². The van der Waals surface area contributed by atoms with Crippen LogP contribution >= 0.6 is 0 Å². The van der Waals surface area contributed by atoms with Gasteiger partial charge in [0.1, 0.15) is 5.82 Å². The smallest absolute Gasteiger partial charge is 0.226 e. The Morgan fingerprint density at radius 3 is 2.57 bits per heavy atom. The van der Waals surface area contributed by atoms with E-state index in [0.717, 1.165) is 5.56 Å². The Labute approximate surface area is 132 Å². The van der Waals surface area contributed by atoms with Crippen molar-refractivity contribution in [2.24, 2.45) is 0 Å². The number of hydrogen-bond donors (Lipinski definition) is 1. The molecule has 0 unspecified atom stereocenters. The molecule has 0 saturated carbocycles. The lowest BCUT2D eigenvalue weighted by molar-refractivity contribution is -0.116. The molecule has 1 heterocycles. The first-order valence-corrected chi connectivity index (χ1v) is 7.09. The molecule has 7 heteroatoms. The van der Waals surface area contributed by atoms with Gasteiger partial charge in [-0.15, -0.1) is 10.2 Å². The number of benzene rings is 2. The highest BCUT2D eigenvalue weighted by molar-refractivity contribution is 5.90. The molecule has 23 heavy (non-hydrogen) atoms. The Hall–Kier alpha value is -3.09. The van der Waals surface area contributed by atoms with Crippen LogP contribution in [0.4, 0.5) is 10.1 Å². The van der Waals surface area contributed by atoms with Crippen LogP contribution in [-0.4, -0.2) is 26.1 Å². The quantitative estimate of drug-likeness (QED) is 0.786. The molecule has 0 aliphatic heterocycles. The summed E-state index contributed by atoms with van der Waals surface area (Å²) in [4.78, 5) is 13.2. The topological polar surface area (TPSA) is 72.7 Å². The summed E-state index contributed by atoms with van der Waals surface area (Å²) in [6, 6.07) is 15.1. The van der Waals surface area contributed by atoms with Gasteiger partial charge in [-0.05, 0) is 29.5 Å². The Kier molecular flexibility index (Phi) is 4.37. The highest BCUT2D eigenvalue weighted by atomic mass is 19.1. The van der Waals surface area contributed by atoms with Crippen molar-refractivity contribution >= 4 is 11.6 Å². The number of aryl methyl sites for hydroxylation is 1. The number of nitrogens with one attached hydrogen (secondary N) is 1. The zero-order chi connectivity index (χ0) is 16.1. The lowest BCUT2D eigenvalue weighted by Crippen LogP contribution is -2.15. The first-order valence-electron chi connectivity index (χ1n) is 7.09. The molecule has 1 N–H and O–H groups in total. The number of rotatable bonds is 5. The van der Waals surface area contributed by atoms with Crippen molar-refractivity contribution in [2.45, 2.75) is 13.0 Å². The number of halogens is 1. The van der Waals surface area contributed by atoms with E-state index in [1.807, 2.05) is 30.3 Å². The number of amides is 1. The minimum absolute atomic E-state index is 0.196. The van der Waals surface area contributed by atoms with Crippen LogP contribution in [0, 0.1) is 5.82 Å². The van der Waals surface area contributed by atoms with Gasteiger partial charge in [0.05, 0.1) is 6.54 Å². The third-order valence-electron chi connectivity index (χ3n) is 3.15. The second-order valence-electron chi connectivity index (χ2n) is 4.88. The van der Waals surface area contributed by atoms with Gasteiger partial charge in [0, 0.05) is 17.7 Å². The highest BCUT2D eigenvalue weighted by Gasteiger charge is 2.08. The molecule has 0 saturated heterocycles. The van der Waals surface area contributed by atoms with Gasteiger partial charge in [-0.25, -0.2) is 4.39 Å². The Balaban J connectivity index is 1.55. The fourth-order valence-corrected chi connectivity index (χ4v) is 2.00. The normalized spacial score (nSPS) is 10.5. The number of carbonyl (C=O) groups is 1. The Morgan fingerprint density at radius 2 is 1.83 bits per heavy atom. The van der Waals surface area contributed by atoms with E-state index >= 15 is 0 Å². The number of hydrogen-bond acceptors (Lipinski definition) is 4. The van der Waals surface area contributed by atoms with E-state index < -0.39 is 0 Å². The fourth-order valence-electron chi connectivity index (χ4n) is 2.00. The van der Waals surface area contributed by atoms with Gasteiger partial charge in [0.2, 0.25) is 11.7 Å². The molecule has 3 aromatic rings. The molecule has 3 rings (SSSR count). The summed E-state index contributed by atoms with van der Waals surface area (Å²) in [5, 5.41) is 14.8. The third-order valence-corrected chi connectivity index (χ3v) is 3.15. The maximum atomic E-state index is 12.8. The largest absolute Gasteiger partial charge is 0.326 e. The van der Waals surface area contributed by atoms with E-state index in [-0.39, 0.29) is 18.1 Å². The zero-order valence-corrected chi connectivity index (χ0v) is 12.2. The second-order valence-corrected chi connectivity index (χ2v) is 4.88. The summed E-state index contributed by atoms with van der Waals surface area (Å²) >= 11 is 0. The highest BCUT2D eigenvalue weighted by Crippen LogP contribution is 2.12. The molecule has 0 bridgehead atoms. The molecule has 6 nitrogen and oxygen atoms in total. The van der Waals surface area contributed by atoms with E-state index in [9.17, 15) is 9.18 Å². The first kappa shape index (κ1) is 14.8. The molecule has 0 radical (unpaired) electrons. The lowest BCUT2D eigenvalue weighted by Gasteiger charge is -2.04. The SMILES string of the molecule is O=C(CCn1nnc(-c2ccccc2)n1)Nc1ccc(F)cc1. The molecule has 0 atom stereocenters. The summed E-state index contributed by atoms with van der Waals surface area (Å²) < 4.78 is 12.8. The van der Waals surface area contributed by atoms with Gasteiger partial charge >= 0.3 is 0 Å². The van der Waals surface area contributed by atoms with Gasteiger partial charge in [0.15, 0.2) is 0 Å². The van der Waals surface area contributed by atoms with Crippen LogP contribution in [0.3, 0.4) is 0 Å². The number of tetrazole rings is 1. The van der Waals surface area contributed by atoms with Gasteiger partial charge in [-0.3, -0.25) is 4.79 Å². The average Bonchev–Trinajstić information content (AvgIpc) is 3.05. The minimum atomic E-state index is -0.344. The molecular formula is C16H14FN5O. The monoisotopic (exact) mass is 311 g/mol. The van der Waals surface area contributed by atoms with E-state index in [2.05, 4.69) is 20.7 Å². The van der Waals surface area contributed by atoms with Gasteiger partial charge in [0.25, 0.3) is 0 Å². The number of carbonyl (C=O) groups excluding carboxylic acids is 1. The standard InChI is InChI=1S/C16H14FN5O/c17-13-6-8-14(9-7-13)18-15(23)10-11-22-20-16(19-21-22)12-4-2-1-3-5-12/h1-9H,10-11H2,(H,18,23). The molecule has 0 aliphatic carbocycles. The fraction of sp³-hybridized carbons (Fsp3) is 0.125.